The molecule has 0 aliphatic carbocycles. The predicted molar refractivity (Wildman–Crippen MR) is 111 cm³/mol. The largest absolute Gasteiger partial charge is 0.488 e. The Morgan fingerprint density at radius 3 is 2.85 bits per heavy atom. The Morgan fingerprint density at radius 2 is 2.19 bits per heavy atom. The van der Waals surface area contributed by atoms with E-state index in [2.05, 4.69) is 32.5 Å². The lowest BCUT2D eigenvalue weighted by molar-refractivity contribution is -0.140. The summed E-state index contributed by atoms with van der Waals surface area (Å²) in [5, 5.41) is 6.32. The van der Waals surface area contributed by atoms with Gasteiger partial charge in [0.1, 0.15) is 11.9 Å². The van der Waals surface area contributed by atoms with Crippen LogP contribution in [0.4, 0.5) is 0 Å². The van der Waals surface area contributed by atoms with Crippen LogP contribution in [0.25, 0.3) is 0 Å². The van der Waals surface area contributed by atoms with E-state index < -0.39 is 0 Å². The zero-order valence-corrected chi connectivity index (χ0v) is 17.9. The summed E-state index contributed by atoms with van der Waals surface area (Å²) in [5.41, 5.74) is 2.20. The van der Waals surface area contributed by atoms with Crippen molar-refractivity contribution in [2.45, 2.75) is 32.4 Å². The molecule has 0 aromatic heterocycles. The number of hydrogen-bond acceptors (Lipinski definition) is 5. The second-order valence-corrected chi connectivity index (χ2v) is 5.89. The van der Waals surface area contributed by atoms with Gasteiger partial charge in [0.05, 0.1) is 26.7 Å². The maximum absolute atomic E-state index is 11.2. The predicted octanol–water partition coefficient (Wildman–Crippen LogP) is 2.01. The number of rotatable bonds is 7. The number of ether oxygens (including phenoxy) is 3. The van der Waals surface area contributed by atoms with Crippen molar-refractivity contribution in [3.05, 3.63) is 29.3 Å². The van der Waals surface area contributed by atoms with Gasteiger partial charge in [-0.05, 0) is 18.6 Å². The number of guanidine groups is 1. The molecule has 1 aliphatic heterocycles. The molecule has 26 heavy (non-hydrogen) atoms. The lowest BCUT2D eigenvalue weighted by Gasteiger charge is -2.18. The molecule has 1 saturated heterocycles. The number of carbonyl (C=O) groups excluding carboxylic acids is 1. The van der Waals surface area contributed by atoms with Crippen LogP contribution in [-0.4, -0.2) is 51.9 Å². The van der Waals surface area contributed by atoms with E-state index in [0.29, 0.717) is 25.7 Å². The van der Waals surface area contributed by atoms with Crippen molar-refractivity contribution in [1.82, 2.24) is 10.6 Å². The highest BCUT2D eigenvalue weighted by atomic mass is 127. The first kappa shape index (κ1) is 22.5. The Bertz CT molecular complexity index is 604. The van der Waals surface area contributed by atoms with E-state index >= 15 is 0 Å². The summed E-state index contributed by atoms with van der Waals surface area (Å²) in [7, 11) is 3.07. The first-order valence-corrected chi connectivity index (χ1v) is 8.47. The van der Waals surface area contributed by atoms with E-state index in [1.54, 1.807) is 7.05 Å². The van der Waals surface area contributed by atoms with Gasteiger partial charge in [0.25, 0.3) is 0 Å². The van der Waals surface area contributed by atoms with Gasteiger partial charge in [-0.1, -0.05) is 12.1 Å². The van der Waals surface area contributed by atoms with Crippen LogP contribution in [0.5, 0.6) is 5.75 Å². The fourth-order valence-electron chi connectivity index (χ4n) is 2.49. The van der Waals surface area contributed by atoms with Crippen LogP contribution in [0.2, 0.25) is 0 Å². The molecule has 2 rings (SSSR count). The zero-order chi connectivity index (χ0) is 18.1. The van der Waals surface area contributed by atoms with Gasteiger partial charge >= 0.3 is 5.97 Å². The smallest absolute Gasteiger partial charge is 0.307 e. The van der Waals surface area contributed by atoms with Gasteiger partial charge in [-0.25, -0.2) is 0 Å². The number of nitrogens with zero attached hydrogens (tertiary/aromatic N) is 1. The summed E-state index contributed by atoms with van der Waals surface area (Å²) in [5.74, 6) is 1.24. The van der Waals surface area contributed by atoms with Crippen molar-refractivity contribution in [2.24, 2.45) is 4.99 Å². The minimum absolute atomic E-state index is 0. The Balaban J connectivity index is 0.00000338. The van der Waals surface area contributed by atoms with Gasteiger partial charge in [0.2, 0.25) is 0 Å². The van der Waals surface area contributed by atoms with Gasteiger partial charge < -0.3 is 24.8 Å². The van der Waals surface area contributed by atoms with Crippen LogP contribution >= 0.6 is 24.0 Å². The van der Waals surface area contributed by atoms with Gasteiger partial charge in [-0.3, -0.25) is 9.79 Å². The van der Waals surface area contributed by atoms with E-state index in [4.69, 9.17) is 9.47 Å². The molecule has 8 heteroatoms. The molecular formula is C18H28IN3O4. The first-order valence-electron chi connectivity index (χ1n) is 8.47. The molecule has 0 bridgehead atoms. The van der Waals surface area contributed by atoms with E-state index in [1.807, 2.05) is 13.0 Å². The van der Waals surface area contributed by atoms with Crippen LogP contribution in [0.1, 0.15) is 24.0 Å². The highest BCUT2D eigenvalue weighted by Gasteiger charge is 2.18. The number of methoxy groups -OCH3 is 1. The molecule has 146 valence electrons. The highest BCUT2D eigenvalue weighted by molar-refractivity contribution is 14.0. The third-order valence-corrected chi connectivity index (χ3v) is 3.92. The van der Waals surface area contributed by atoms with Crippen LogP contribution in [-0.2, 0) is 20.8 Å². The van der Waals surface area contributed by atoms with Crippen molar-refractivity contribution in [1.29, 1.82) is 0 Å². The number of carbonyl (C=O) groups is 1. The molecule has 0 spiro atoms. The summed E-state index contributed by atoms with van der Waals surface area (Å²) < 4.78 is 16.1. The van der Waals surface area contributed by atoms with Gasteiger partial charge in [-0.15, -0.1) is 24.0 Å². The lowest BCUT2D eigenvalue weighted by Crippen LogP contribution is -2.38. The molecule has 1 aromatic rings. The van der Waals surface area contributed by atoms with Crippen LogP contribution in [0, 0.1) is 6.92 Å². The summed E-state index contributed by atoms with van der Waals surface area (Å²) in [4.78, 5) is 15.3. The third-order valence-electron chi connectivity index (χ3n) is 3.92. The fraction of sp³-hybridized carbons (Fsp3) is 0.556. The summed E-state index contributed by atoms with van der Waals surface area (Å²) >= 11 is 0. The standard InChI is InChI=1S/C18H27N3O4.HI/c1-13-4-5-14(16(10-13)25-15-7-9-24-12-15)11-21-18(19-2)20-8-6-17(22)23-3;/h4-5,10,15H,6-9,11-12H2,1-3H3,(H2,19,20,21);1H. The minimum atomic E-state index is -0.254. The van der Waals surface area contributed by atoms with Crippen molar-refractivity contribution in [2.75, 3.05) is 33.9 Å². The summed E-state index contributed by atoms with van der Waals surface area (Å²) in [6.45, 7) is 4.46. The molecule has 0 amide bonds. The molecule has 1 atom stereocenters. The Hall–Kier alpha value is -1.55. The van der Waals surface area contributed by atoms with Gasteiger partial charge in [0, 0.05) is 32.1 Å². The van der Waals surface area contributed by atoms with E-state index in [-0.39, 0.29) is 42.5 Å². The average molecular weight is 477 g/mol. The Kier molecular flexibility index (Phi) is 10.3. The van der Waals surface area contributed by atoms with Crippen LogP contribution in [0.15, 0.2) is 23.2 Å². The van der Waals surface area contributed by atoms with Crippen LogP contribution in [0.3, 0.4) is 0 Å². The number of esters is 1. The molecule has 0 saturated carbocycles. The van der Waals surface area contributed by atoms with E-state index in [9.17, 15) is 4.79 Å². The topological polar surface area (TPSA) is 81.2 Å². The normalized spacial score (nSPS) is 16.6. The van der Waals surface area contributed by atoms with Crippen LogP contribution < -0.4 is 15.4 Å². The maximum atomic E-state index is 11.2. The van der Waals surface area contributed by atoms with E-state index in [1.165, 1.54) is 7.11 Å². The molecule has 1 aliphatic rings. The minimum Gasteiger partial charge on any atom is -0.488 e. The number of aliphatic imine (C=N–C) groups is 1. The molecule has 1 aromatic carbocycles. The second-order valence-electron chi connectivity index (χ2n) is 5.89. The SMILES string of the molecule is CN=C(NCCC(=O)OC)NCc1ccc(C)cc1OC1CCOC1.I. The first-order chi connectivity index (χ1) is 12.1. The third kappa shape index (κ3) is 7.36. The lowest BCUT2D eigenvalue weighted by atomic mass is 10.1. The quantitative estimate of drug-likeness (QED) is 0.271. The van der Waals surface area contributed by atoms with Crippen molar-refractivity contribution in [3.8, 4) is 5.75 Å². The average Bonchev–Trinajstić information content (AvgIpc) is 3.12. The molecule has 1 heterocycles. The van der Waals surface area contributed by atoms with E-state index in [0.717, 1.165) is 29.9 Å². The number of aryl methyl sites for hydroxylation is 1. The summed E-state index contributed by atoms with van der Waals surface area (Å²) in [6.07, 6.45) is 1.31. The molecular weight excluding hydrogens is 449 g/mol. The number of benzene rings is 1. The van der Waals surface area contributed by atoms with Gasteiger partial charge in [-0.2, -0.15) is 0 Å². The molecule has 7 nitrogen and oxygen atoms in total. The fourth-order valence-corrected chi connectivity index (χ4v) is 2.49. The number of nitrogens with one attached hydrogen (secondary N) is 2. The number of hydrogen-bond donors (Lipinski definition) is 2. The van der Waals surface area contributed by atoms with Crippen molar-refractivity contribution in [3.63, 3.8) is 0 Å². The second kappa shape index (κ2) is 11.9. The summed E-state index contributed by atoms with van der Waals surface area (Å²) in [6, 6.07) is 6.15. The maximum Gasteiger partial charge on any atom is 0.307 e. The van der Waals surface area contributed by atoms with Crippen molar-refractivity contribution >= 4 is 35.9 Å². The van der Waals surface area contributed by atoms with Gasteiger partial charge in [0.15, 0.2) is 5.96 Å². The number of halogens is 1. The Labute approximate surface area is 171 Å². The zero-order valence-electron chi connectivity index (χ0n) is 15.5. The molecule has 0 radical (unpaired) electrons. The Morgan fingerprint density at radius 1 is 1.38 bits per heavy atom. The molecule has 2 N–H and O–H groups in total. The van der Waals surface area contributed by atoms with Crippen molar-refractivity contribution < 1.29 is 19.0 Å². The monoisotopic (exact) mass is 477 g/mol. The highest BCUT2D eigenvalue weighted by Crippen LogP contribution is 2.23. The molecule has 1 unspecified atom stereocenters. The molecule has 1 fully saturated rings.